The molecule has 1 aliphatic rings. The molecule has 0 fully saturated rings. The van der Waals surface area contributed by atoms with Gasteiger partial charge in [-0.1, -0.05) is 0 Å². The number of carbonyl (C=O) groups excluding carboxylic acids is 1. The molecule has 5 heteroatoms. The third-order valence-corrected chi connectivity index (χ3v) is 2.62. The van der Waals surface area contributed by atoms with Crippen molar-refractivity contribution in [3.63, 3.8) is 0 Å². The largest absolute Gasteiger partial charge is 0.477 e. The minimum absolute atomic E-state index is 0.0155. The Hall–Kier alpha value is -1.78. The number of rotatable bonds is 1. The van der Waals surface area contributed by atoms with E-state index < -0.39 is 5.97 Å². The number of carbonyl (C=O) groups is 2. The standard InChI is InChI=1S/C10H12N2O3/c1-4-3-6-7(9(13)11-4)5(2)12-8(6)10(14)15/h4,12H,3H2,1-2H3,(H,11,13)(H,14,15). The third kappa shape index (κ3) is 1.40. The van der Waals surface area contributed by atoms with Crippen LogP contribution in [-0.4, -0.2) is 28.0 Å². The molecule has 1 unspecified atom stereocenters. The normalized spacial score (nSPS) is 19.6. The number of H-pyrrole nitrogens is 1. The first kappa shape index (κ1) is 9.76. The van der Waals surface area contributed by atoms with Crippen LogP contribution in [0.3, 0.4) is 0 Å². The number of carboxylic acid groups (broad SMARTS) is 1. The predicted octanol–water partition coefficient (Wildman–Crippen LogP) is 0.696. The van der Waals surface area contributed by atoms with Gasteiger partial charge >= 0.3 is 5.97 Å². The highest BCUT2D eigenvalue weighted by atomic mass is 16.4. The van der Waals surface area contributed by atoms with Crippen molar-refractivity contribution >= 4 is 11.9 Å². The van der Waals surface area contributed by atoms with Gasteiger partial charge in [-0.15, -0.1) is 0 Å². The fourth-order valence-electron chi connectivity index (χ4n) is 2.02. The van der Waals surface area contributed by atoms with Crippen LogP contribution in [0.2, 0.25) is 0 Å². The van der Waals surface area contributed by atoms with E-state index in [9.17, 15) is 9.59 Å². The maximum atomic E-state index is 11.6. The van der Waals surface area contributed by atoms with Gasteiger partial charge < -0.3 is 15.4 Å². The first-order chi connectivity index (χ1) is 7.00. The van der Waals surface area contributed by atoms with Crippen LogP contribution < -0.4 is 5.32 Å². The summed E-state index contributed by atoms with van der Waals surface area (Å²) >= 11 is 0. The van der Waals surface area contributed by atoms with Gasteiger partial charge in [0, 0.05) is 11.7 Å². The zero-order chi connectivity index (χ0) is 11.2. The molecule has 2 rings (SSSR count). The van der Waals surface area contributed by atoms with Gasteiger partial charge in [0.25, 0.3) is 5.91 Å². The van der Waals surface area contributed by atoms with Crippen molar-refractivity contribution in [2.24, 2.45) is 0 Å². The minimum atomic E-state index is -1.01. The molecule has 15 heavy (non-hydrogen) atoms. The van der Waals surface area contributed by atoms with E-state index in [1.807, 2.05) is 6.92 Å². The van der Waals surface area contributed by atoms with E-state index >= 15 is 0 Å². The van der Waals surface area contributed by atoms with Crippen molar-refractivity contribution in [1.82, 2.24) is 10.3 Å². The van der Waals surface area contributed by atoms with Crippen molar-refractivity contribution < 1.29 is 14.7 Å². The number of aromatic amines is 1. The summed E-state index contributed by atoms with van der Waals surface area (Å²) in [5.41, 5.74) is 1.87. The summed E-state index contributed by atoms with van der Waals surface area (Å²) in [5.74, 6) is -1.20. The molecule has 5 nitrogen and oxygen atoms in total. The van der Waals surface area contributed by atoms with Gasteiger partial charge in [-0.25, -0.2) is 4.79 Å². The lowest BCUT2D eigenvalue weighted by Gasteiger charge is -2.20. The monoisotopic (exact) mass is 208 g/mol. The Morgan fingerprint density at radius 3 is 2.80 bits per heavy atom. The number of aromatic carboxylic acids is 1. The lowest BCUT2D eigenvalue weighted by Crippen LogP contribution is -2.39. The molecule has 1 aliphatic heterocycles. The number of hydrogen-bond donors (Lipinski definition) is 3. The molecule has 0 saturated heterocycles. The topological polar surface area (TPSA) is 82.2 Å². The summed E-state index contributed by atoms with van der Waals surface area (Å²) in [6.07, 6.45) is 0.563. The number of carboxylic acids is 1. The maximum Gasteiger partial charge on any atom is 0.352 e. The van der Waals surface area contributed by atoms with E-state index in [0.717, 1.165) is 0 Å². The van der Waals surface area contributed by atoms with Crippen LogP contribution in [0.15, 0.2) is 0 Å². The summed E-state index contributed by atoms with van der Waals surface area (Å²) in [6, 6.07) is -0.0155. The number of aryl methyl sites for hydroxylation is 1. The molecule has 0 aliphatic carbocycles. The average molecular weight is 208 g/mol. The van der Waals surface area contributed by atoms with E-state index in [1.54, 1.807) is 6.92 Å². The first-order valence-electron chi connectivity index (χ1n) is 4.76. The second-order valence-corrected chi connectivity index (χ2v) is 3.86. The molecule has 1 amide bonds. The van der Waals surface area contributed by atoms with Gasteiger partial charge in [0.05, 0.1) is 5.56 Å². The molecular weight excluding hydrogens is 196 g/mol. The quantitative estimate of drug-likeness (QED) is 0.635. The van der Waals surface area contributed by atoms with Gasteiger partial charge in [-0.2, -0.15) is 0 Å². The van der Waals surface area contributed by atoms with Gasteiger partial charge in [-0.3, -0.25) is 4.79 Å². The Morgan fingerprint density at radius 2 is 2.20 bits per heavy atom. The number of nitrogens with one attached hydrogen (secondary N) is 2. The van der Waals surface area contributed by atoms with Crippen LogP contribution in [-0.2, 0) is 6.42 Å². The van der Waals surface area contributed by atoms with Crippen LogP contribution in [0.1, 0.15) is 39.0 Å². The average Bonchev–Trinajstić information content (AvgIpc) is 2.42. The molecule has 80 valence electrons. The lowest BCUT2D eigenvalue weighted by atomic mass is 9.96. The highest BCUT2D eigenvalue weighted by Gasteiger charge is 2.29. The van der Waals surface area contributed by atoms with E-state index in [2.05, 4.69) is 10.3 Å². The molecule has 0 spiro atoms. The van der Waals surface area contributed by atoms with Crippen molar-refractivity contribution in [3.8, 4) is 0 Å². The zero-order valence-corrected chi connectivity index (χ0v) is 8.55. The molecule has 3 N–H and O–H groups in total. The number of amides is 1. The molecule has 0 saturated carbocycles. The molecule has 0 radical (unpaired) electrons. The molecular formula is C10H12N2O3. The van der Waals surface area contributed by atoms with E-state index in [0.29, 0.717) is 23.2 Å². The second-order valence-electron chi connectivity index (χ2n) is 3.86. The zero-order valence-electron chi connectivity index (χ0n) is 8.55. The van der Waals surface area contributed by atoms with Gasteiger partial charge in [0.2, 0.25) is 0 Å². The van der Waals surface area contributed by atoms with Crippen LogP contribution in [0.5, 0.6) is 0 Å². The maximum absolute atomic E-state index is 11.6. The van der Waals surface area contributed by atoms with Crippen LogP contribution >= 0.6 is 0 Å². The summed E-state index contributed by atoms with van der Waals surface area (Å²) in [4.78, 5) is 25.3. The van der Waals surface area contributed by atoms with E-state index in [1.165, 1.54) is 0 Å². The number of hydrogen-bond acceptors (Lipinski definition) is 2. The predicted molar refractivity (Wildman–Crippen MR) is 53.1 cm³/mol. The molecule has 1 aromatic heterocycles. The van der Waals surface area contributed by atoms with E-state index in [-0.39, 0.29) is 17.6 Å². The Morgan fingerprint density at radius 1 is 1.53 bits per heavy atom. The smallest absolute Gasteiger partial charge is 0.352 e. The fraction of sp³-hybridized carbons (Fsp3) is 0.400. The molecule has 0 aromatic carbocycles. The van der Waals surface area contributed by atoms with Gasteiger partial charge in [-0.05, 0) is 25.8 Å². The first-order valence-corrected chi connectivity index (χ1v) is 4.76. The Balaban J connectivity index is 2.61. The minimum Gasteiger partial charge on any atom is -0.477 e. The lowest BCUT2D eigenvalue weighted by molar-refractivity contribution is 0.0690. The highest BCUT2D eigenvalue weighted by Crippen LogP contribution is 2.24. The fourth-order valence-corrected chi connectivity index (χ4v) is 2.02. The molecule has 0 bridgehead atoms. The molecule has 1 aromatic rings. The van der Waals surface area contributed by atoms with Crippen LogP contribution in [0, 0.1) is 6.92 Å². The second kappa shape index (κ2) is 3.12. The Bertz CT molecular complexity index is 448. The van der Waals surface area contributed by atoms with Crippen LogP contribution in [0.25, 0.3) is 0 Å². The van der Waals surface area contributed by atoms with Crippen molar-refractivity contribution in [1.29, 1.82) is 0 Å². The van der Waals surface area contributed by atoms with Crippen molar-refractivity contribution in [2.45, 2.75) is 26.3 Å². The molecule has 2 heterocycles. The highest BCUT2D eigenvalue weighted by molar-refractivity contribution is 6.02. The van der Waals surface area contributed by atoms with Crippen molar-refractivity contribution in [2.75, 3.05) is 0 Å². The number of aromatic nitrogens is 1. The molecule has 1 atom stereocenters. The van der Waals surface area contributed by atoms with Gasteiger partial charge in [0.1, 0.15) is 5.69 Å². The van der Waals surface area contributed by atoms with E-state index in [4.69, 9.17) is 5.11 Å². The van der Waals surface area contributed by atoms with Crippen molar-refractivity contribution in [3.05, 3.63) is 22.5 Å². The SMILES string of the molecule is Cc1[nH]c(C(=O)O)c2c1C(=O)NC(C)C2. The summed E-state index contributed by atoms with van der Waals surface area (Å²) in [5, 5.41) is 11.7. The van der Waals surface area contributed by atoms with Gasteiger partial charge in [0.15, 0.2) is 0 Å². The Kier molecular flexibility index (Phi) is 2.03. The van der Waals surface area contributed by atoms with Crippen LogP contribution in [0.4, 0.5) is 0 Å². The number of fused-ring (bicyclic) bond motifs is 1. The summed E-state index contributed by atoms with van der Waals surface area (Å²) in [7, 11) is 0. The summed E-state index contributed by atoms with van der Waals surface area (Å²) in [6.45, 7) is 3.57. The summed E-state index contributed by atoms with van der Waals surface area (Å²) < 4.78 is 0. The third-order valence-electron chi connectivity index (χ3n) is 2.62. The Labute approximate surface area is 86.5 Å².